The molecule has 0 amide bonds. The molecule has 0 unspecified atom stereocenters. The third-order valence-electron chi connectivity index (χ3n) is 0.800. The summed E-state index contributed by atoms with van der Waals surface area (Å²) in [5.74, 6) is 0. The number of anilines is 1. The van der Waals surface area contributed by atoms with Gasteiger partial charge in [0.25, 0.3) is 0 Å². The number of benzene rings is 1. The van der Waals surface area contributed by atoms with Crippen LogP contribution in [0.15, 0.2) is 30.3 Å². The maximum atomic E-state index is 5.36. The van der Waals surface area contributed by atoms with Crippen molar-refractivity contribution in [2.45, 2.75) is 0 Å². The van der Waals surface area contributed by atoms with Crippen LogP contribution in [0.4, 0.5) is 5.69 Å². The quantitative estimate of drug-likeness (QED) is 0.373. The standard InChI is InChI=1S/C6H7N.2BrH.Mg/c7-6-4-2-1-3-5-6;;;/h1-5H,7H2;2*1H;/q;;;+2/p-2. The molecule has 4 heteroatoms. The Kier molecular flexibility index (Phi) is 16.6. The predicted octanol–water partition coefficient (Wildman–Crippen LogP) is -5.10. The molecule has 0 heterocycles. The molecular formula is C6H7Br2MgN. The molecule has 0 fully saturated rings. The van der Waals surface area contributed by atoms with Crippen molar-refractivity contribution in [1.82, 2.24) is 0 Å². The van der Waals surface area contributed by atoms with Crippen LogP contribution in [0.3, 0.4) is 0 Å². The van der Waals surface area contributed by atoms with E-state index in [-0.39, 0.29) is 57.0 Å². The van der Waals surface area contributed by atoms with E-state index in [1.54, 1.807) is 0 Å². The molecule has 0 aliphatic rings. The average molecular weight is 277 g/mol. The van der Waals surface area contributed by atoms with Crippen molar-refractivity contribution in [3.8, 4) is 0 Å². The number of hydrogen-bond acceptors (Lipinski definition) is 1. The summed E-state index contributed by atoms with van der Waals surface area (Å²) < 4.78 is 0. The number of hydrogen-bond donors (Lipinski definition) is 1. The largest absolute Gasteiger partial charge is 2.00 e. The number of halogens is 2. The van der Waals surface area contributed by atoms with Gasteiger partial charge in [-0.15, -0.1) is 0 Å². The number of rotatable bonds is 0. The molecule has 1 nitrogen and oxygen atoms in total. The molecule has 0 aliphatic heterocycles. The minimum absolute atomic E-state index is 0. The molecule has 0 aromatic heterocycles. The summed E-state index contributed by atoms with van der Waals surface area (Å²) in [7, 11) is 0. The van der Waals surface area contributed by atoms with Gasteiger partial charge in [-0.3, -0.25) is 0 Å². The van der Waals surface area contributed by atoms with Crippen LogP contribution in [0.1, 0.15) is 0 Å². The van der Waals surface area contributed by atoms with E-state index in [2.05, 4.69) is 0 Å². The number of para-hydroxylation sites is 1. The van der Waals surface area contributed by atoms with Crippen molar-refractivity contribution in [2.75, 3.05) is 5.73 Å². The fourth-order valence-electron chi connectivity index (χ4n) is 0.453. The molecule has 1 aromatic carbocycles. The fourth-order valence-corrected chi connectivity index (χ4v) is 0.453. The van der Waals surface area contributed by atoms with Gasteiger partial charge in [0.05, 0.1) is 0 Å². The second kappa shape index (κ2) is 9.75. The van der Waals surface area contributed by atoms with Crippen LogP contribution in [0.2, 0.25) is 0 Å². The first-order chi connectivity index (χ1) is 3.39. The van der Waals surface area contributed by atoms with E-state index < -0.39 is 0 Å². The topological polar surface area (TPSA) is 26.0 Å². The van der Waals surface area contributed by atoms with Gasteiger partial charge < -0.3 is 39.7 Å². The Hall–Kier alpha value is 0.746. The second-order valence-corrected chi connectivity index (χ2v) is 1.41. The molecular weight excluding hydrogens is 270 g/mol. The van der Waals surface area contributed by atoms with Crippen LogP contribution in [0.5, 0.6) is 0 Å². The van der Waals surface area contributed by atoms with Gasteiger partial charge in [-0.25, -0.2) is 0 Å². The van der Waals surface area contributed by atoms with Gasteiger partial charge in [0, 0.05) is 5.69 Å². The van der Waals surface area contributed by atoms with Gasteiger partial charge >= 0.3 is 23.1 Å². The van der Waals surface area contributed by atoms with Gasteiger partial charge in [0.15, 0.2) is 0 Å². The summed E-state index contributed by atoms with van der Waals surface area (Å²) in [6, 6.07) is 9.49. The normalized spacial score (nSPS) is 6.00. The van der Waals surface area contributed by atoms with Crippen LogP contribution in [-0.2, 0) is 0 Å². The third-order valence-corrected chi connectivity index (χ3v) is 0.800. The van der Waals surface area contributed by atoms with E-state index in [0.717, 1.165) is 5.69 Å². The Bertz CT molecular complexity index is 146. The van der Waals surface area contributed by atoms with Gasteiger partial charge in [0.2, 0.25) is 0 Å². The first kappa shape index (κ1) is 17.0. The first-order valence-corrected chi connectivity index (χ1v) is 2.20. The molecule has 1 rings (SSSR count). The van der Waals surface area contributed by atoms with Crippen LogP contribution in [-0.4, -0.2) is 23.1 Å². The van der Waals surface area contributed by atoms with Crippen molar-refractivity contribution in [2.24, 2.45) is 0 Å². The minimum atomic E-state index is 0. The summed E-state index contributed by atoms with van der Waals surface area (Å²) in [6.45, 7) is 0. The van der Waals surface area contributed by atoms with E-state index in [4.69, 9.17) is 5.73 Å². The Balaban J connectivity index is -0.000000163. The zero-order valence-electron chi connectivity index (χ0n) is 5.43. The molecule has 52 valence electrons. The molecule has 10 heavy (non-hydrogen) atoms. The van der Waals surface area contributed by atoms with E-state index in [9.17, 15) is 0 Å². The molecule has 0 aliphatic carbocycles. The van der Waals surface area contributed by atoms with Crippen LogP contribution >= 0.6 is 0 Å². The summed E-state index contributed by atoms with van der Waals surface area (Å²) >= 11 is 0. The van der Waals surface area contributed by atoms with E-state index in [1.807, 2.05) is 30.3 Å². The molecule has 0 spiro atoms. The maximum Gasteiger partial charge on any atom is 2.00 e. The number of nitrogens with two attached hydrogens (primary N) is 1. The zero-order chi connectivity index (χ0) is 5.11. The van der Waals surface area contributed by atoms with E-state index >= 15 is 0 Å². The van der Waals surface area contributed by atoms with Crippen LogP contribution in [0, 0.1) is 0 Å². The first-order valence-electron chi connectivity index (χ1n) is 2.20. The summed E-state index contributed by atoms with van der Waals surface area (Å²) in [5.41, 5.74) is 6.18. The summed E-state index contributed by atoms with van der Waals surface area (Å²) in [6.07, 6.45) is 0. The predicted molar refractivity (Wildman–Crippen MR) is 36.6 cm³/mol. The smallest absolute Gasteiger partial charge is 1.00 e. The third kappa shape index (κ3) is 6.86. The van der Waals surface area contributed by atoms with E-state index in [1.165, 1.54) is 0 Å². The van der Waals surface area contributed by atoms with Crippen molar-refractivity contribution in [3.05, 3.63) is 30.3 Å². The minimum Gasteiger partial charge on any atom is -1.00 e. The van der Waals surface area contributed by atoms with Gasteiger partial charge in [-0.1, -0.05) is 18.2 Å². The molecule has 0 bridgehead atoms. The second-order valence-electron chi connectivity index (χ2n) is 1.41. The Morgan fingerprint density at radius 2 is 1.30 bits per heavy atom. The van der Waals surface area contributed by atoms with Gasteiger partial charge in [-0.2, -0.15) is 0 Å². The van der Waals surface area contributed by atoms with Crippen molar-refractivity contribution in [1.29, 1.82) is 0 Å². The molecule has 0 atom stereocenters. The molecule has 0 saturated carbocycles. The average Bonchev–Trinajstić information content (AvgIpc) is 1.69. The Morgan fingerprint density at radius 3 is 1.50 bits per heavy atom. The van der Waals surface area contributed by atoms with Crippen molar-refractivity contribution < 1.29 is 34.0 Å². The van der Waals surface area contributed by atoms with Crippen LogP contribution in [0.25, 0.3) is 0 Å². The van der Waals surface area contributed by atoms with Crippen molar-refractivity contribution >= 4 is 28.7 Å². The fraction of sp³-hybridized carbons (Fsp3) is 0. The monoisotopic (exact) mass is 275 g/mol. The Labute approximate surface area is 98.1 Å². The maximum absolute atomic E-state index is 5.36. The zero-order valence-corrected chi connectivity index (χ0v) is 10.0. The van der Waals surface area contributed by atoms with Gasteiger partial charge in [-0.05, 0) is 12.1 Å². The van der Waals surface area contributed by atoms with Gasteiger partial charge in [0.1, 0.15) is 0 Å². The Morgan fingerprint density at radius 1 is 0.900 bits per heavy atom. The van der Waals surface area contributed by atoms with E-state index in [0.29, 0.717) is 0 Å². The molecule has 1 aromatic rings. The van der Waals surface area contributed by atoms with Crippen molar-refractivity contribution in [3.63, 3.8) is 0 Å². The molecule has 0 radical (unpaired) electrons. The summed E-state index contributed by atoms with van der Waals surface area (Å²) in [5, 5.41) is 0. The molecule has 0 saturated heterocycles. The van der Waals surface area contributed by atoms with Crippen LogP contribution < -0.4 is 39.7 Å². The summed E-state index contributed by atoms with van der Waals surface area (Å²) in [4.78, 5) is 0. The molecule has 2 N–H and O–H groups in total. The SMILES string of the molecule is Nc1ccccc1.[Br-].[Br-].[Mg+2]. The number of nitrogen functional groups attached to an aromatic ring is 1.